The van der Waals surface area contributed by atoms with Crippen molar-refractivity contribution in [3.63, 3.8) is 0 Å². The van der Waals surface area contributed by atoms with Crippen molar-refractivity contribution in [1.29, 1.82) is 5.26 Å². The van der Waals surface area contributed by atoms with Gasteiger partial charge in [-0.25, -0.2) is 0 Å². The Kier molecular flexibility index (Phi) is 3.12. The van der Waals surface area contributed by atoms with E-state index in [-0.39, 0.29) is 12.5 Å². The molecule has 4 heteroatoms. The minimum absolute atomic E-state index is 0.252. The molecule has 0 radical (unpaired) electrons. The lowest BCUT2D eigenvalue weighted by molar-refractivity contribution is 0.111. The standard InChI is InChI=1S/C9H9N3O/c10-4-3-9(11)7-1-2-8(6-13)12-5-7/h1-2,5-6,9H,3,11H2/t9-/m1/s1. The van der Waals surface area contributed by atoms with Gasteiger partial charge in [-0.3, -0.25) is 9.78 Å². The Morgan fingerprint density at radius 1 is 1.69 bits per heavy atom. The van der Waals surface area contributed by atoms with Crippen LogP contribution >= 0.6 is 0 Å². The fourth-order valence-electron chi connectivity index (χ4n) is 0.922. The van der Waals surface area contributed by atoms with Crippen molar-refractivity contribution in [3.05, 3.63) is 29.6 Å². The van der Waals surface area contributed by atoms with Gasteiger partial charge in [-0.05, 0) is 11.6 Å². The molecule has 0 fully saturated rings. The van der Waals surface area contributed by atoms with E-state index in [1.165, 1.54) is 6.20 Å². The number of nitrogens with zero attached hydrogens (tertiary/aromatic N) is 2. The van der Waals surface area contributed by atoms with Gasteiger partial charge in [0.25, 0.3) is 0 Å². The van der Waals surface area contributed by atoms with Gasteiger partial charge in [0.2, 0.25) is 0 Å². The second-order valence-electron chi connectivity index (χ2n) is 2.60. The Labute approximate surface area is 76.0 Å². The number of carbonyl (C=O) groups is 1. The lowest BCUT2D eigenvalue weighted by atomic mass is 10.1. The normalized spacial score (nSPS) is 11.7. The summed E-state index contributed by atoms with van der Waals surface area (Å²) in [6, 6.07) is 4.94. The van der Waals surface area contributed by atoms with Crippen molar-refractivity contribution in [2.75, 3.05) is 0 Å². The number of rotatable bonds is 3. The highest BCUT2D eigenvalue weighted by atomic mass is 16.1. The molecule has 1 aromatic rings. The van der Waals surface area contributed by atoms with Gasteiger partial charge < -0.3 is 5.73 Å². The molecule has 2 N–H and O–H groups in total. The van der Waals surface area contributed by atoms with Crippen LogP contribution in [0.1, 0.15) is 28.5 Å². The van der Waals surface area contributed by atoms with Gasteiger partial charge in [0, 0.05) is 12.2 Å². The fourth-order valence-corrected chi connectivity index (χ4v) is 0.922. The van der Waals surface area contributed by atoms with Crippen LogP contribution in [-0.2, 0) is 0 Å². The van der Waals surface area contributed by atoms with Gasteiger partial charge >= 0.3 is 0 Å². The van der Waals surface area contributed by atoms with Crippen LogP contribution in [0.2, 0.25) is 0 Å². The van der Waals surface area contributed by atoms with Crippen molar-refractivity contribution in [3.8, 4) is 6.07 Å². The van der Waals surface area contributed by atoms with Crippen LogP contribution in [0.25, 0.3) is 0 Å². The van der Waals surface area contributed by atoms with E-state index >= 15 is 0 Å². The van der Waals surface area contributed by atoms with Gasteiger partial charge in [-0.1, -0.05) is 6.07 Å². The van der Waals surface area contributed by atoms with Crippen molar-refractivity contribution in [2.24, 2.45) is 5.73 Å². The monoisotopic (exact) mass is 175 g/mol. The quantitative estimate of drug-likeness (QED) is 0.689. The topological polar surface area (TPSA) is 79.8 Å². The van der Waals surface area contributed by atoms with Gasteiger partial charge in [-0.15, -0.1) is 0 Å². The minimum Gasteiger partial charge on any atom is -0.323 e. The van der Waals surface area contributed by atoms with Crippen LogP contribution in [0.5, 0.6) is 0 Å². The van der Waals surface area contributed by atoms with Crippen molar-refractivity contribution in [2.45, 2.75) is 12.5 Å². The maximum atomic E-state index is 10.3. The molecule has 0 aliphatic heterocycles. The van der Waals surface area contributed by atoms with Gasteiger partial charge in [0.1, 0.15) is 5.69 Å². The van der Waals surface area contributed by atoms with Crippen molar-refractivity contribution in [1.82, 2.24) is 4.98 Å². The second kappa shape index (κ2) is 4.33. The van der Waals surface area contributed by atoms with Crippen LogP contribution in [0, 0.1) is 11.3 Å². The first-order chi connectivity index (χ1) is 6.27. The molecular formula is C9H9N3O. The molecule has 0 aromatic carbocycles. The summed E-state index contributed by atoms with van der Waals surface area (Å²) in [5.74, 6) is 0. The summed E-state index contributed by atoms with van der Waals surface area (Å²) in [6.07, 6.45) is 2.44. The first-order valence-electron chi connectivity index (χ1n) is 3.81. The van der Waals surface area contributed by atoms with Gasteiger partial charge in [-0.2, -0.15) is 5.26 Å². The van der Waals surface area contributed by atoms with E-state index in [4.69, 9.17) is 11.0 Å². The third-order valence-corrected chi connectivity index (χ3v) is 1.67. The van der Waals surface area contributed by atoms with Crippen LogP contribution in [-0.4, -0.2) is 11.3 Å². The SMILES string of the molecule is N#CC[C@@H](N)c1ccc(C=O)nc1. The van der Waals surface area contributed by atoms with E-state index < -0.39 is 0 Å². The Morgan fingerprint density at radius 2 is 2.46 bits per heavy atom. The Balaban J connectivity index is 2.80. The van der Waals surface area contributed by atoms with Gasteiger partial charge in [0.15, 0.2) is 6.29 Å². The first-order valence-corrected chi connectivity index (χ1v) is 3.81. The third-order valence-electron chi connectivity index (χ3n) is 1.67. The largest absolute Gasteiger partial charge is 0.323 e. The van der Waals surface area contributed by atoms with Crippen LogP contribution in [0.3, 0.4) is 0 Å². The highest BCUT2D eigenvalue weighted by Gasteiger charge is 2.04. The summed E-state index contributed by atoms with van der Waals surface area (Å²) < 4.78 is 0. The minimum atomic E-state index is -0.321. The highest BCUT2D eigenvalue weighted by molar-refractivity contribution is 5.71. The van der Waals surface area contributed by atoms with E-state index in [0.29, 0.717) is 12.0 Å². The molecule has 1 heterocycles. The number of hydrogen-bond donors (Lipinski definition) is 1. The molecule has 0 amide bonds. The molecule has 0 aliphatic rings. The zero-order chi connectivity index (χ0) is 9.68. The summed E-state index contributed by atoms with van der Waals surface area (Å²) in [6.45, 7) is 0. The third kappa shape index (κ3) is 2.36. The Hall–Kier alpha value is -1.73. The van der Waals surface area contributed by atoms with Gasteiger partial charge in [0.05, 0.1) is 12.5 Å². The van der Waals surface area contributed by atoms with Crippen molar-refractivity contribution >= 4 is 6.29 Å². The molecule has 1 atom stereocenters. The summed E-state index contributed by atoms with van der Waals surface area (Å²) >= 11 is 0. The molecule has 66 valence electrons. The van der Waals surface area contributed by atoms with E-state index in [2.05, 4.69) is 4.98 Å². The Bertz CT molecular complexity index is 326. The molecule has 13 heavy (non-hydrogen) atoms. The van der Waals surface area contributed by atoms with Crippen LogP contribution in [0.15, 0.2) is 18.3 Å². The summed E-state index contributed by atoms with van der Waals surface area (Å²) in [5, 5.41) is 8.39. The molecule has 1 rings (SSSR count). The average molecular weight is 175 g/mol. The lowest BCUT2D eigenvalue weighted by Crippen LogP contribution is -2.09. The molecule has 0 saturated carbocycles. The van der Waals surface area contributed by atoms with Crippen molar-refractivity contribution < 1.29 is 4.79 Å². The number of aldehydes is 1. The fraction of sp³-hybridized carbons (Fsp3) is 0.222. The van der Waals surface area contributed by atoms with E-state index in [1.807, 2.05) is 6.07 Å². The smallest absolute Gasteiger partial charge is 0.168 e. The average Bonchev–Trinajstić information content (AvgIpc) is 2.18. The number of carbonyl (C=O) groups excluding carboxylic acids is 1. The molecule has 4 nitrogen and oxygen atoms in total. The number of hydrogen-bond acceptors (Lipinski definition) is 4. The van der Waals surface area contributed by atoms with E-state index in [1.54, 1.807) is 12.1 Å². The zero-order valence-electron chi connectivity index (χ0n) is 6.97. The van der Waals surface area contributed by atoms with E-state index in [9.17, 15) is 4.79 Å². The number of nitriles is 1. The molecular weight excluding hydrogens is 166 g/mol. The summed E-state index contributed by atoms with van der Waals surface area (Å²) in [4.78, 5) is 14.1. The van der Waals surface area contributed by atoms with E-state index in [0.717, 1.165) is 5.56 Å². The molecule has 0 saturated heterocycles. The maximum Gasteiger partial charge on any atom is 0.168 e. The molecule has 0 unspecified atom stereocenters. The van der Waals surface area contributed by atoms with Crippen LogP contribution in [0.4, 0.5) is 0 Å². The predicted octanol–water partition coefficient (Wildman–Crippen LogP) is 0.808. The lowest BCUT2D eigenvalue weighted by Gasteiger charge is -2.05. The molecule has 0 aliphatic carbocycles. The molecule has 0 bridgehead atoms. The molecule has 0 spiro atoms. The molecule has 1 aromatic heterocycles. The van der Waals surface area contributed by atoms with Crippen LogP contribution < -0.4 is 5.73 Å². The number of aromatic nitrogens is 1. The zero-order valence-corrected chi connectivity index (χ0v) is 6.97. The second-order valence-corrected chi connectivity index (χ2v) is 2.60. The maximum absolute atomic E-state index is 10.3. The first kappa shape index (κ1) is 9.36. The summed E-state index contributed by atoms with van der Waals surface area (Å²) in [7, 11) is 0. The highest BCUT2D eigenvalue weighted by Crippen LogP contribution is 2.11. The Morgan fingerprint density at radius 3 is 2.92 bits per heavy atom. The number of pyridine rings is 1. The number of nitrogens with two attached hydrogens (primary N) is 1. The predicted molar refractivity (Wildman–Crippen MR) is 46.8 cm³/mol. The summed E-state index contributed by atoms with van der Waals surface area (Å²) in [5.41, 5.74) is 6.79.